The van der Waals surface area contributed by atoms with Gasteiger partial charge >= 0.3 is 5.69 Å². The molecule has 3 heterocycles. The standard InChI is InChI=1S/C19H24F2N4O2/c1-13(17(26)24-11-8-19(20,21)12-24)23-9-6-14(7-10-23)25-16-5-3-2-4-15(16)22-18(25)27/h2-5,13-14H,6-12H2,1H3,(H,22,27)/t13-/m0/s1. The second-order valence-corrected chi connectivity index (χ2v) is 7.63. The maximum Gasteiger partial charge on any atom is 0.326 e. The van der Waals surface area contributed by atoms with Gasteiger partial charge in [-0.05, 0) is 31.9 Å². The van der Waals surface area contributed by atoms with Gasteiger partial charge in [-0.15, -0.1) is 0 Å². The Balaban J connectivity index is 1.42. The smallest absolute Gasteiger partial charge is 0.326 e. The molecule has 1 N–H and O–H groups in total. The normalized spacial score (nSPS) is 22.4. The van der Waals surface area contributed by atoms with E-state index < -0.39 is 18.5 Å². The van der Waals surface area contributed by atoms with Gasteiger partial charge in [0.25, 0.3) is 5.92 Å². The first-order valence-electron chi connectivity index (χ1n) is 9.46. The average molecular weight is 378 g/mol. The molecule has 6 nitrogen and oxygen atoms in total. The van der Waals surface area contributed by atoms with Gasteiger partial charge in [-0.2, -0.15) is 0 Å². The van der Waals surface area contributed by atoms with Crippen LogP contribution < -0.4 is 5.69 Å². The first-order valence-corrected chi connectivity index (χ1v) is 9.46. The number of imidazole rings is 1. The van der Waals surface area contributed by atoms with Crippen molar-refractivity contribution >= 4 is 16.9 Å². The van der Waals surface area contributed by atoms with Gasteiger partial charge < -0.3 is 9.88 Å². The predicted molar refractivity (Wildman–Crippen MR) is 98.0 cm³/mol. The minimum absolute atomic E-state index is 0.0725. The summed E-state index contributed by atoms with van der Waals surface area (Å²) in [5.74, 6) is -2.99. The lowest BCUT2D eigenvalue weighted by Gasteiger charge is -2.37. The number of rotatable bonds is 3. The van der Waals surface area contributed by atoms with E-state index in [1.54, 1.807) is 11.5 Å². The summed E-state index contributed by atoms with van der Waals surface area (Å²) in [7, 11) is 0. The number of carbonyl (C=O) groups excluding carboxylic acids is 1. The molecule has 146 valence electrons. The number of piperidine rings is 1. The van der Waals surface area contributed by atoms with Crippen LogP contribution >= 0.6 is 0 Å². The number of carbonyl (C=O) groups is 1. The molecule has 0 unspecified atom stereocenters. The van der Waals surface area contributed by atoms with Gasteiger partial charge in [-0.25, -0.2) is 13.6 Å². The third-order valence-corrected chi connectivity index (χ3v) is 5.87. The summed E-state index contributed by atoms with van der Waals surface area (Å²) < 4.78 is 28.6. The first-order chi connectivity index (χ1) is 12.9. The maximum absolute atomic E-state index is 13.4. The van der Waals surface area contributed by atoms with Crippen LogP contribution in [0.1, 0.15) is 32.2 Å². The number of nitrogens with one attached hydrogen (secondary N) is 1. The molecule has 8 heteroatoms. The van der Waals surface area contributed by atoms with E-state index >= 15 is 0 Å². The highest BCUT2D eigenvalue weighted by Gasteiger charge is 2.42. The van der Waals surface area contributed by atoms with Gasteiger partial charge in [0, 0.05) is 32.1 Å². The van der Waals surface area contributed by atoms with Crippen molar-refractivity contribution in [3.8, 4) is 0 Å². The van der Waals surface area contributed by atoms with Crippen LogP contribution in [0.5, 0.6) is 0 Å². The fourth-order valence-electron chi connectivity index (χ4n) is 4.31. The lowest BCUT2D eigenvalue weighted by Crippen LogP contribution is -2.50. The van der Waals surface area contributed by atoms with Crippen LogP contribution in [0.4, 0.5) is 8.78 Å². The Labute approximate surface area is 155 Å². The van der Waals surface area contributed by atoms with Crippen molar-refractivity contribution in [2.45, 2.75) is 44.2 Å². The van der Waals surface area contributed by atoms with Gasteiger partial charge in [0.05, 0.1) is 23.6 Å². The van der Waals surface area contributed by atoms with Gasteiger partial charge in [0.15, 0.2) is 0 Å². The number of halogens is 2. The third kappa shape index (κ3) is 3.38. The van der Waals surface area contributed by atoms with Crippen molar-refractivity contribution < 1.29 is 13.6 Å². The Morgan fingerprint density at radius 3 is 2.59 bits per heavy atom. The number of nitrogens with zero attached hydrogens (tertiary/aromatic N) is 3. The van der Waals surface area contributed by atoms with E-state index in [0.717, 1.165) is 23.9 Å². The summed E-state index contributed by atoms with van der Waals surface area (Å²) in [6, 6.07) is 7.27. The minimum Gasteiger partial charge on any atom is -0.335 e. The number of alkyl halides is 2. The molecule has 2 aliphatic rings. The summed E-state index contributed by atoms with van der Waals surface area (Å²) in [5, 5.41) is 0. The highest BCUT2D eigenvalue weighted by Crippen LogP contribution is 2.29. The lowest BCUT2D eigenvalue weighted by atomic mass is 10.0. The van der Waals surface area contributed by atoms with E-state index in [0.29, 0.717) is 13.1 Å². The quantitative estimate of drug-likeness (QED) is 0.891. The second-order valence-electron chi connectivity index (χ2n) is 7.63. The van der Waals surface area contributed by atoms with E-state index in [4.69, 9.17) is 0 Å². The molecule has 2 aromatic rings. The lowest BCUT2D eigenvalue weighted by molar-refractivity contribution is -0.137. The van der Waals surface area contributed by atoms with Crippen LogP contribution in [0.25, 0.3) is 11.0 Å². The highest BCUT2D eigenvalue weighted by molar-refractivity contribution is 5.82. The molecule has 1 atom stereocenters. The Hall–Kier alpha value is -2.22. The number of hydrogen-bond acceptors (Lipinski definition) is 3. The number of likely N-dealkylation sites (tertiary alicyclic amines) is 2. The largest absolute Gasteiger partial charge is 0.335 e. The number of amides is 1. The van der Waals surface area contributed by atoms with Crippen molar-refractivity contribution in [3.05, 3.63) is 34.7 Å². The van der Waals surface area contributed by atoms with Crippen molar-refractivity contribution in [1.29, 1.82) is 0 Å². The molecule has 27 heavy (non-hydrogen) atoms. The molecular formula is C19H24F2N4O2. The van der Waals surface area contributed by atoms with E-state index in [2.05, 4.69) is 4.98 Å². The van der Waals surface area contributed by atoms with E-state index in [1.165, 1.54) is 4.90 Å². The maximum atomic E-state index is 13.4. The molecule has 0 aliphatic carbocycles. The summed E-state index contributed by atoms with van der Waals surface area (Å²) in [4.78, 5) is 31.1. The second kappa shape index (κ2) is 6.74. The van der Waals surface area contributed by atoms with Crippen LogP contribution in [-0.4, -0.2) is 63.4 Å². The number of aromatic amines is 1. The molecule has 2 saturated heterocycles. The molecule has 0 bridgehead atoms. The SMILES string of the molecule is C[C@@H](C(=O)N1CCC(F)(F)C1)N1CCC(n2c(=O)[nH]c3ccccc32)CC1. The summed E-state index contributed by atoms with van der Waals surface area (Å²) in [6.07, 6.45) is 1.24. The fraction of sp³-hybridized carbons (Fsp3) is 0.579. The zero-order valence-corrected chi connectivity index (χ0v) is 15.3. The zero-order chi connectivity index (χ0) is 19.2. The number of benzene rings is 1. The van der Waals surface area contributed by atoms with Gasteiger partial charge in [-0.1, -0.05) is 12.1 Å². The number of fused-ring (bicyclic) bond motifs is 1. The summed E-state index contributed by atoms with van der Waals surface area (Å²) >= 11 is 0. The van der Waals surface area contributed by atoms with E-state index in [9.17, 15) is 18.4 Å². The molecule has 1 aromatic carbocycles. The number of para-hydroxylation sites is 2. The molecule has 1 aromatic heterocycles. The summed E-state index contributed by atoms with van der Waals surface area (Å²) in [5.41, 5.74) is 1.60. The van der Waals surface area contributed by atoms with Crippen LogP contribution in [0.3, 0.4) is 0 Å². The Morgan fingerprint density at radius 1 is 1.22 bits per heavy atom. The molecule has 0 saturated carbocycles. The molecule has 2 fully saturated rings. The number of H-pyrrole nitrogens is 1. The average Bonchev–Trinajstić information content (AvgIpc) is 3.19. The molecule has 1 amide bonds. The van der Waals surface area contributed by atoms with Gasteiger partial charge in [0.1, 0.15) is 0 Å². The highest BCUT2D eigenvalue weighted by atomic mass is 19.3. The minimum atomic E-state index is -2.77. The van der Waals surface area contributed by atoms with E-state index in [1.807, 2.05) is 29.2 Å². The molecule has 0 radical (unpaired) electrons. The fourth-order valence-corrected chi connectivity index (χ4v) is 4.31. The third-order valence-electron chi connectivity index (χ3n) is 5.87. The van der Waals surface area contributed by atoms with E-state index in [-0.39, 0.29) is 30.6 Å². The molecule has 4 rings (SSSR count). The first kappa shape index (κ1) is 18.2. The van der Waals surface area contributed by atoms with Gasteiger partial charge in [-0.3, -0.25) is 14.3 Å². The Kier molecular flexibility index (Phi) is 4.53. The van der Waals surface area contributed by atoms with Gasteiger partial charge in [0.2, 0.25) is 5.91 Å². The van der Waals surface area contributed by atoms with Crippen LogP contribution in [0.15, 0.2) is 29.1 Å². The monoisotopic (exact) mass is 378 g/mol. The number of aromatic nitrogens is 2. The van der Waals surface area contributed by atoms with Crippen molar-refractivity contribution in [1.82, 2.24) is 19.4 Å². The molecule has 0 spiro atoms. The van der Waals surface area contributed by atoms with Crippen molar-refractivity contribution in [2.75, 3.05) is 26.2 Å². The Morgan fingerprint density at radius 2 is 1.93 bits per heavy atom. The zero-order valence-electron chi connectivity index (χ0n) is 15.3. The predicted octanol–water partition coefficient (Wildman–Crippen LogP) is 2.22. The molecular weight excluding hydrogens is 354 g/mol. The van der Waals surface area contributed by atoms with Crippen molar-refractivity contribution in [3.63, 3.8) is 0 Å². The van der Waals surface area contributed by atoms with Crippen LogP contribution in [0, 0.1) is 0 Å². The van der Waals surface area contributed by atoms with Crippen LogP contribution in [-0.2, 0) is 4.79 Å². The Bertz CT molecular complexity index is 898. The molecule has 2 aliphatic heterocycles. The van der Waals surface area contributed by atoms with Crippen molar-refractivity contribution in [2.24, 2.45) is 0 Å². The number of hydrogen-bond donors (Lipinski definition) is 1. The van der Waals surface area contributed by atoms with Crippen LogP contribution in [0.2, 0.25) is 0 Å². The summed E-state index contributed by atoms with van der Waals surface area (Å²) in [6.45, 7) is 2.76. The topological polar surface area (TPSA) is 61.3 Å².